The lowest BCUT2D eigenvalue weighted by atomic mass is 9.91. The van der Waals surface area contributed by atoms with Crippen LogP contribution in [0.3, 0.4) is 0 Å². The van der Waals surface area contributed by atoms with Crippen LogP contribution in [0.4, 0.5) is 0 Å². The van der Waals surface area contributed by atoms with E-state index in [4.69, 9.17) is 14.2 Å². The summed E-state index contributed by atoms with van der Waals surface area (Å²) in [5, 5.41) is 0. The fraction of sp³-hybridized carbons (Fsp3) is 0.636. The van der Waals surface area contributed by atoms with Gasteiger partial charge in [-0.2, -0.15) is 0 Å². The number of benzene rings is 1. The second-order valence-corrected chi connectivity index (χ2v) is 10.4. The number of sulfonamides is 1. The number of nitrogens with zero attached hydrogens (tertiary/aromatic N) is 1. The quantitative estimate of drug-likeness (QED) is 0.609. The highest BCUT2D eigenvalue weighted by atomic mass is 32.2. The predicted octanol–water partition coefficient (Wildman–Crippen LogP) is 1.95. The van der Waals surface area contributed by atoms with Crippen LogP contribution in [-0.4, -0.2) is 64.1 Å². The van der Waals surface area contributed by atoms with E-state index in [1.807, 2.05) is 0 Å². The lowest BCUT2D eigenvalue weighted by Gasteiger charge is -2.36. The summed E-state index contributed by atoms with van der Waals surface area (Å²) >= 11 is 0. The van der Waals surface area contributed by atoms with Crippen LogP contribution in [0, 0.1) is 11.8 Å². The number of piperidine rings is 1. The molecule has 2 aliphatic rings. The number of rotatable bonds is 7. The van der Waals surface area contributed by atoms with Crippen molar-refractivity contribution >= 4 is 21.9 Å². The van der Waals surface area contributed by atoms with Gasteiger partial charge < -0.3 is 19.1 Å². The van der Waals surface area contributed by atoms with Gasteiger partial charge in [0.05, 0.1) is 24.5 Å². The van der Waals surface area contributed by atoms with Crippen LogP contribution in [-0.2, 0) is 24.3 Å². The third kappa shape index (κ3) is 6.35. The van der Waals surface area contributed by atoms with Crippen molar-refractivity contribution in [1.29, 1.82) is 0 Å². The summed E-state index contributed by atoms with van der Waals surface area (Å²) in [6.45, 7) is 7.86. The average molecular weight is 469 g/mol. The molecule has 1 saturated heterocycles. The number of carbonyl (C=O) groups excluding carboxylic acids is 2. The Balaban J connectivity index is 1.48. The summed E-state index contributed by atoms with van der Waals surface area (Å²) in [5.74, 6) is 0.837. The van der Waals surface area contributed by atoms with Gasteiger partial charge in [-0.25, -0.2) is 13.1 Å². The van der Waals surface area contributed by atoms with E-state index in [0.717, 1.165) is 6.42 Å². The van der Waals surface area contributed by atoms with Gasteiger partial charge in [-0.05, 0) is 37.3 Å². The second-order valence-electron chi connectivity index (χ2n) is 8.63. The average Bonchev–Trinajstić information content (AvgIpc) is 2.97. The molecule has 0 bridgehead atoms. The molecule has 2 heterocycles. The lowest BCUT2D eigenvalue weighted by Crippen LogP contribution is -2.47. The summed E-state index contributed by atoms with van der Waals surface area (Å²) in [6, 6.07) is 4.39. The topological polar surface area (TPSA) is 111 Å². The number of carbonyl (C=O) groups is 2. The minimum atomic E-state index is -3.84. The molecule has 0 aliphatic carbocycles. The molecule has 1 fully saturated rings. The summed E-state index contributed by atoms with van der Waals surface area (Å²) in [7, 11) is -3.84. The predicted molar refractivity (Wildman–Crippen MR) is 117 cm³/mol. The first-order chi connectivity index (χ1) is 15.2. The van der Waals surface area contributed by atoms with Crippen molar-refractivity contribution < 1.29 is 32.2 Å². The smallest absolute Gasteiger partial charge is 0.307 e. The molecule has 178 valence electrons. The van der Waals surface area contributed by atoms with Crippen LogP contribution in [0.5, 0.6) is 11.5 Å². The van der Waals surface area contributed by atoms with Gasteiger partial charge in [0.2, 0.25) is 10.0 Å². The van der Waals surface area contributed by atoms with Crippen molar-refractivity contribution in [3.05, 3.63) is 18.2 Å². The zero-order valence-electron chi connectivity index (χ0n) is 18.8. The highest BCUT2D eigenvalue weighted by Crippen LogP contribution is 2.31. The van der Waals surface area contributed by atoms with E-state index >= 15 is 0 Å². The number of amides is 1. The third-order valence-electron chi connectivity index (χ3n) is 5.49. The van der Waals surface area contributed by atoms with Crippen molar-refractivity contribution in [3.8, 4) is 11.5 Å². The highest BCUT2D eigenvalue weighted by Gasteiger charge is 2.30. The molecule has 1 amide bonds. The Bertz CT molecular complexity index is 924. The van der Waals surface area contributed by atoms with E-state index in [1.165, 1.54) is 12.1 Å². The standard InChI is InChI=1S/C22H32N2O7S/c1-15-11-16(2)14-24(13-15)22(26)17(3)31-21(25)7-8-23-32(27,28)18-5-6-19-20(12-18)30-10-4-9-29-19/h5-6,12,15-17,23H,4,7-11,13-14H2,1-3H3/t15-,16-,17+/m0/s1. The molecule has 1 aromatic rings. The Morgan fingerprint density at radius 2 is 1.81 bits per heavy atom. The molecule has 9 nitrogen and oxygen atoms in total. The van der Waals surface area contributed by atoms with E-state index in [1.54, 1.807) is 17.9 Å². The maximum Gasteiger partial charge on any atom is 0.307 e. The molecule has 0 spiro atoms. The Labute approximate surface area is 189 Å². The molecule has 0 aromatic heterocycles. The molecular weight excluding hydrogens is 436 g/mol. The van der Waals surface area contributed by atoms with Crippen molar-refractivity contribution in [2.75, 3.05) is 32.8 Å². The molecule has 2 aliphatic heterocycles. The monoisotopic (exact) mass is 468 g/mol. The van der Waals surface area contributed by atoms with Crippen LogP contribution in [0.2, 0.25) is 0 Å². The summed E-state index contributed by atoms with van der Waals surface area (Å²) in [4.78, 5) is 26.5. The van der Waals surface area contributed by atoms with Crippen LogP contribution >= 0.6 is 0 Å². The van der Waals surface area contributed by atoms with Gasteiger partial charge in [-0.3, -0.25) is 9.59 Å². The molecule has 1 aromatic carbocycles. The maximum absolute atomic E-state index is 12.6. The fourth-order valence-electron chi connectivity index (χ4n) is 4.09. The van der Waals surface area contributed by atoms with Gasteiger partial charge >= 0.3 is 5.97 Å². The van der Waals surface area contributed by atoms with E-state index < -0.39 is 22.1 Å². The minimum Gasteiger partial charge on any atom is -0.490 e. The highest BCUT2D eigenvalue weighted by molar-refractivity contribution is 7.89. The number of fused-ring (bicyclic) bond motifs is 1. The Hall–Kier alpha value is -2.33. The van der Waals surface area contributed by atoms with Crippen LogP contribution in [0.25, 0.3) is 0 Å². The molecule has 0 unspecified atom stereocenters. The Morgan fingerprint density at radius 1 is 1.16 bits per heavy atom. The first kappa shape index (κ1) is 24.3. The largest absolute Gasteiger partial charge is 0.490 e. The van der Waals surface area contributed by atoms with E-state index in [0.29, 0.717) is 56.1 Å². The summed E-state index contributed by atoms with van der Waals surface area (Å²) in [5.41, 5.74) is 0. The Morgan fingerprint density at radius 3 is 2.50 bits per heavy atom. The SMILES string of the molecule is C[C@H]1C[C@H](C)CN(C(=O)[C@@H](C)OC(=O)CCNS(=O)(=O)c2ccc3c(c2)OCCCO3)C1. The molecule has 10 heteroatoms. The first-order valence-corrected chi connectivity index (χ1v) is 12.5. The zero-order valence-corrected chi connectivity index (χ0v) is 19.7. The number of hydrogen-bond acceptors (Lipinski definition) is 7. The fourth-order valence-corrected chi connectivity index (χ4v) is 5.13. The molecule has 32 heavy (non-hydrogen) atoms. The first-order valence-electron chi connectivity index (χ1n) is 11.0. The van der Waals surface area contributed by atoms with Gasteiger partial charge in [-0.1, -0.05) is 13.8 Å². The summed E-state index contributed by atoms with van der Waals surface area (Å²) in [6.07, 6.45) is 0.696. The van der Waals surface area contributed by atoms with Gasteiger partial charge in [0.1, 0.15) is 0 Å². The molecule has 0 radical (unpaired) electrons. The molecule has 1 N–H and O–H groups in total. The van der Waals surface area contributed by atoms with Crippen LogP contribution < -0.4 is 14.2 Å². The number of nitrogens with one attached hydrogen (secondary N) is 1. The lowest BCUT2D eigenvalue weighted by molar-refractivity contribution is -0.160. The van der Waals surface area contributed by atoms with Gasteiger partial charge in [0.25, 0.3) is 5.91 Å². The van der Waals surface area contributed by atoms with E-state index in [9.17, 15) is 18.0 Å². The molecule has 0 saturated carbocycles. The number of hydrogen-bond donors (Lipinski definition) is 1. The van der Waals surface area contributed by atoms with Crippen molar-refractivity contribution in [2.24, 2.45) is 11.8 Å². The van der Waals surface area contributed by atoms with Crippen molar-refractivity contribution in [3.63, 3.8) is 0 Å². The van der Waals surface area contributed by atoms with Crippen molar-refractivity contribution in [1.82, 2.24) is 9.62 Å². The third-order valence-corrected chi connectivity index (χ3v) is 6.95. The van der Waals surface area contributed by atoms with Crippen LogP contribution in [0.15, 0.2) is 23.1 Å². The number of ether oxygens (including phenoxy) is 3. The Kier molecular flexibility index (Phi) is 8.00. The van der Waals surface area contributed by atoms with E-state index in [-0.39, 0.29) is 23.8 Å². The van der Waals surface area contributed by atoms with Gasteiger partial charge in [-0.15, -0.1) is 0 Å². The maximum atomic E-state index is 12.6. The van der Waals surface area contributed by atoms with E-state index in [2.05, 4.69) is 18.6 Å². The van der Waals surface area contributed by atoms with Crippen molar-refractivity contribution in [2.45, 2.75) is 51.0 Å². The molecule has 3 atom stereocenters. The molecular formula is C22H32N2O7S. The van der Waals surface area contributed by atoms with Gasteiger partial charge in [0.15, 0.2) is 17.6 Å². The molecule has 3 rings (SSSR count). The minimum absolute atomic E-state index is 0.0204. The second kappa shape index (κ2) is 10.5. The number of esters is 1. The normalized spacial score (nSPS) is 22.0. The van der Waals surface area contributed by atoms with Crippen LogP contribution in [0.1, 0.15) is 40.0 Å². The van der Waals surface area contributed by atoms with Gasteiger partial charge in [0, 0.05) is 32.1 Å². The number of likely N-dealkylation sites (tertiary alicyclic amines) is 1. The summed E-state index contributed by atoms with van der Waals surface area (Å²) < 4.78 is 43.8. The zero-order chi connectivity index (χ0) is 23.3.